The Morgan fingerprint density at radius 3 is 1.23 bits per heavy atom. The van der Waals surface area contributed by atoms with Gasteiger partial charge in [-0.2, -0.15) is 0 Å². The first-order chi connectivity index (χ1) is 14.7. The normalized spacial score (nSPS) is 10.7. The van der Waals surface area contributed by atoms with Gasteiger partial charge in [0.1, 0.15) is 0 Å². The fourth-order valence-electron chi connectivity index (χ4n) is 2.82. The van der Waals surface area contributed by atoms with E-state index in [1.165, 1.54) is 11.1 Å². The fourth-order valence-corrected chi connectivity index (χ4v) is 2.82. The van der Waals surface area contributed by atoms with Gasteiger partial charge in [-0.25, -0.2) is 0 Å². The molecular formula is C28H26N2. The van der Waals surface area contributed by atoms with Crippen LogP contribution < -0.4 is 11.5 Å². The van der Waals surface area contributed by atoms with Gasteiger partial charge in [0.05, 0.1) is 11.4 Å². The fraction of sp³-hybridized carbons (Fsp3) is 0. The van der Waals surface area contributed by atoms with Gasteiger partial charge in [0.25, 0.3) is 0 Å². The van der Waals surface area contributed by atoms with Crippen molar-refractivity contribution in [2.24, 2.45) is 0 Å². The Bertz CT molecular complexity index is 1040. The van der Waals surface area contributed by atoms with Crippen molar-refractivity contribution in [1.29, 1.82) is 0 Å². The van der Waals surface area contributed by atoms with Gasteiger partial charge in [0.15, 0.2) is 0 Å². The van der Waals surface area contributed by atoms with Crippen LogP contribution in [-0.4, -0.2) is 0 Å². The molecule has 4 aromatic rings. The van der Waals surface area contributed by atoms with Crippen molar-refractivity contribution >= 4 is 35.7 Å². The molecule has 0 unspecified atom stereocenters. The van der Waals surface area contributed by atoms with E-state index in [0.717, 1.165) is 11.1 Å². The highest BCUT2D eigenvalue weighted by Crippen LogP contribution is 2.21. The van der Waals surface area contributed by atoms with E-state index in [4.69, 9.17) is 11.5 Å². The summed E-state index contributed by atoms with van der Waals surface area (Å²) < 4.78 is 0. The quantitative estimate of drug-likeness (QED) is 0.295. The number of nitrogens with two attached hydrogens (primary N) is 2. The van der Waals surface area contributed by atoms with Crippen LogP contribution in [0, 0.1) is 0 Å². The molecular weight excluding hydrogens is 364 g/mol. The molecule has 2 nitrogen and oxygen atoms in total. The van der Waals surface area contributed by atoms with Crippen molar-refractivity contribution in [3.8, 4) is 0 Å². The third-order valence-corrected chi connectivity index (χ3v) is 4.50. The van der Waals surface area contributed by atoms with Crippen LogP contribution >= 0.6 is 0 Å². The Kier molecular flexibility index (Phi) is 7.64. The Morgan fingerprint density at radius 1 is 0.400 bits per heavy atom. The zero-order valence-electron chi connectivity index (χ0n) is 16.9. The average molecular weight is 391 g/mol. The first-order valence-electron chi connectivity index (χ1n) is 9.87. The molecule has 30 heavy (non-hydrogen) atoms. The molecule has 4 rings (SSSR count). The van der Waals surface area contributed by atoms with E-state index < -0.39 is 0 Å². The van der Waals surface area contributed by atoms with Crippen molar-refractivity contribution in [3.63, 3.8) is 0 Å². The zero-order valence-corrected chi connectivity index (χ0v) is 16.9. The Balaban J connectivity index is 0.000000172. The van der Waals surface area contributed by atoms with Crippen molar-refractivity contribution in [1.82, 2.24) is 0 Å². The minimum Gasteiger partial charge on any atom is -0.397 e. The monoisotopic (exact) mass is 390 g/mol. The highest BCUT2D eigenvalue weighted by Gasteiger charge is 1.97. The van der Waals surface area contributed by atoms with E-state index in [1.807, 2.05) is 91.0 Å². The Hall–Kier alpha value is -4.04. The standard InChI is InChI=1S/C14H14N2.C14H12/c15-13-8-4-7-12(14(13)16)10-9-11-5-2-1-3-6-11;1-3-7-13(8-4-1)11-12-14-9-5-2-6-10-14/h1-10H,15-16H2;1-12H. The molecule has 0 radical (unpaired) electrons. The minimum absolute atomic E-state index is 0.621. The lowest BCUT2D eigenvalue weighted by Crippen LogP contribution is -1.96. The number of rotatable bonds is 4. The van der Waals surface area contributed by atoms with Crippen LogP contribution in [-0.2, 0) is 0 Å². The minimum atomic E-state index is 0.621. The molecule has 0 aliphatic rings. The SMILES string of the molecule is C(=Cc1ccccc1)c1ccccc1.Nc1cccc(C=Cc2ccccc2)c1N. The second-order valence-electron chi connectivity index (χ2n) is 6.75. The van der Waals surface area contributed by atoms with Crippen LogP contribution in [0.5, 0.6) is 0 Å². The molecule has 0 heterocycles. The van der Waals surface area contributed by atoms with Gasteiger partial charge in [-0.15, -0.1) is 0 Å². The summed E-state index contributed by atoms with van der Waals surface area (Å²) in [5.74, 6) is 0. The molecule has 2 heteroatoms. The highest BCUT2D eigenvalue weighted by atomic mass is 14.7. The summed E-state index contributed by atoms with van der Waals surface area (Å²) in [5.41, 5.74) is 17.4. The number of hydrogen-bond donors (Lipinski definition) is 2. The van der Waals surface area contributed by atoms with E-state index >= 15 is 0 Å². The maximum atomic E-state index is 5.87. The Labute approximate surface area is 178 Å². The van der Waals surface area contributed by atoms with Crippen LogP contribution in [0.4, 0.5) is 11.4 Å². The second-order valence-corrected chi connectivity index (χ2v) is 6.75. The van der Waals surface area contributed by atoms with Gasteiger partial charge < -0.3 is 11.5 Å². The molecule has 0 saturated heterocycles. The first-order valence-corrected chi connectivity index (χ1v) is 9.87. The molecule has 4 N–H and O–H groups in total. The van der Waals surface area contributed by atoms with E-state index in [1.54, 1.807) is 6.07 Å². The molecule has 0 fully saturated rings. The summed E-state index contributed by atoms with van der Waals surface area (Å²) in [6.07, 6.45) is 8.23. The number of anilines is 2. The second kappa shape index (κ2) is 11.1. The number of para-hydroxylation sites is 1. The molecule has 0 amide bonds. The van der Waals surface area contributed by atoms with Crippen molar-refractivity contribution in [2.75, 3.05) is 11.5 Å². The van der Waals surface area contributed by atoms with Crippen LogP contribution in [0.15, 0.2) is 109 Å². The Morgan fingerprint density at radius 2 is 0.800 bits per heavy atom. The molecule has 0 aliphatic carbocycles. The number of hydrogen-bond acceptors (Lipinski definition) is 2. The van der Waals surface area contributed by atoms with Gasteiger partial charge in [-0.1, -0.05) is 127 Å². The number of benzene rings is 4. The third-order valence-electron chi connectivity index (χ3n) is 4.50. The summed E-state index contributed by atoms with van der Waals surface area (Å²) in [4.78, 5) is 0. The lowest BCUT2D eigenvalue weighted by molar-refractivity contribution is 1.62. The molecule has 0 aliphatic heterocycles. The topological polar surface area (TPSA) is 52.0 Å². The van der Waals surface area contributed by atoms with Crippen molar-refractivity contribution in [2.45, 2.75) is 0 Å². The predicted octanol–water partition coefficient (Wildman–Crippen LogP) is 6.88. The lowest BCUT2D eigenvalue weighted by atomic mass is 10.1. The van der Waals surface area contributed by atoms with E-state index in [-0.39, 0.29) is 0 Å². The summed E-state index contributed by atoms with van der Waals surface area (Å²) in [6.45, 7) is 0. The first kappa shape index (κ1) is 20.7. The van der Waals surface area contributed by atoms with Gasteiger partial charge in [-0.3, -0.25) is 0 Å². The van der Waals surface area contributed by atoms with Crippen LogP contribution in [0.25, 0.3) is 24.3 Å². The van der Waals surface area contributed by atoms with Crippen LogP contribution in [0.1, 0.15) is 22.3 Å². The molecule has 0 aromatic heterocycles. The predicted molar refractivity (Wildman–Crippen MR) is 132 cm³/mol. The van der Waals surface area contributed by atoms with Gasteiger partial charge >= 0.3 is 0 Å². The summed E-state index contributed by atoms with van der Waals surface area (Å²) in [6, 6.07) is 36.4. The highest BCUT2D eigenvalue weighted by molar-refractivity contribution is 5.81. The summed E-state index contributed by atoms with van der Waals surface area (Å²) >= 11 is 0. The molecule has 0 saturated carbocycles. The molecule has 0 atom stereocenters. The molecule has 0 spiro atoms. The van der Waals surface area contributed by atoms with E-state index in [9.17, 15) is 0 Å². The van der Waals surface area contributed by atoms with Crippen molar-refractivity contribution in [3.05, 3.63) is 131 Å². The lowest BCUT2D eigenvalue weighted by Gasteiger charge is -2.03. The molecule has 148 valence electrons. The van der Waals surface area contributed by atoms with Gasteiger partial charge in [-0.05, 0) is 28.3 Å². The maximum absolute atomic E-state index is 5.87. The third kappa shape index (κ3) is 6.54. The molecule has 0 bridgehead atoms. The van der Waals surface area contributed by atoms with Crippen LogP contribution in [0.2, 0.25) is 0 Å². The average Bonchev–Trinajstić information content (AvgIpc) is 2.81. The zero-order chi connectivity index (χ0) is 21.0. The van der Waals surface area contributed by atoms with E-state index in [0.29, 0.717) is 11.4 Å². The largest absolute Gasteiger partial charge is 0.397 e. The maximum Gasteiger partial charge on any atom is 0.0621 e. The molecule has 4 aromatic carbocycles. The van der Waals surface area contributed by atoms with Crippen LogP contribution in [0.3, 0.4) is 0 Å². The smallest absolute Gasteiger partial charge is 0.0621 e. The van der Waals surface area contributed by atoms with Gasteiger partial charge in [0.2, 0.25) is 0 Å². The summed E-state index contributed by atoms with van der Waals surface area (Å²) in [5, 5.41) is 0. The van der Waals surface area contributed by atoms with Crippen molar-refractivity contribution < 1.29 is 0 Å². The number of nitrogen functional groups attached to an aromatic ring is 2. The van der Waals surface area contributed by atoms with Gasteiger partial charge in [0, 0.05) is 0 Å². The summed E-state index contributed by atoms with van der Waals surface area (Å²) in [7, 11) is 0. The van der Waals surface area contributed by atoms with E-state index in [2.05, 4.69) is 36.4 Å².